The van der Waals surface area contributed by atoms with Crippen molar-refractivity contribution in [2.24, 2.45) is 5.92 Å². The lowest BCUT2D eigenvalue weighted by Crippen LogP contribution is -2.18. The summed E-state index contributed by atoms with van der Waals surface area (Å²) in [6, 6.07) is 0. The molecule has 0 aromatic carbocycles. The molecule has 2 aliphatic heterocycles. The molecule has 0 radical (unpaired) electrons. The first-order chi connectivity index (χ1) is 7.93. The molecule has 2 aliphatic rings. The SMILES string of the molecule is c1nc(CC2CCSCC2)n2c1CCCC2. The average molecular weight is 236 g/mol. The fourth-order valence-electron chi connectivity index (χ4n) is 2.87. The monoisotopic (exact) mass is 236 g/mol. The molecular weight excluding hydrogens is 216 g/mol. The van der Waals surface area contributed by atoms with Crippen molar-refractivity contribution in [1.82, 2.24) is 9.55 Å². The van der Waals surface area contributed by atoms with E-state index >= 15 is 0 Å². The van der Waals surface area contributed by atoms with E-state index in [9.17, 15) is 0 Å². The van der Waals surface area contributed by atoms with E-state index in [4.69, 9.17) is 0 Å². The first kappa shape index (κ1) is 10.7. The van der Waals surface area contributed by atoms with E-state index < -0.39 is 0 Å². The van der Waals surface area contributed by atoms with Gasteiger partial charge in [0, 0.05) is 24.9 Å². The number of thioether (sulfide) groups is 1. The third-order valence-electron chi connectivity index (χ3n) is 3.90. The van der Waals surface area contributed by atoms with E-state index in [1.54, 1.807) is 0 Å². The highest BCUT2D eigenvalue weighted by atomic mass is 32.2. The number of aromatic nitrogens is 2. The molecule has 0 amide bonds. The predicted molar refractivity (Wildman–Crippen MR) is 68.9 cm³/mol. The topological polar surface area (TPSA) is 17.8 Å². The molecule has 88 valence electrons. The molecule has 0 aliphatic carbocycles. The van der Waals surface area contributed by atoms with Crippen molar-refractivity contribution in [1.29, 1.82) is 0 Å². The summed E-state index contributed by atoms with van der Waals surface area (Å²) in [6.45, 7) is 1.21. The van der Waals surface area contributed by atoms with Crippen LogP contribution in [0.2, 0.25) is 0 Å². The lowest BCUT2D eigenvalue weighted by molar-refractivity contribution is 0.445. The molecule has 1 aromatic rings. The Morgan fingerprint density at radius 2 is 2.19 bits per heavy atom. The first-order valence-corrected chi connectivity index (χ1v) is 7.70. The second-order valence-electron chi connectivity index (χ2n) is 5.03. The summed E-state index contributed by atoms with van der Waals surface area (Å²) in [5.41, 5.74) is 1.48. The van der Waals surface area contributed by atoms with Crippen LogP contribution in [0.3, 0.4) is 0 Å². The lowest BCUT2D eigenvalue weighted by Gasteiger charge is -2.22. The quantitative estimate of drug-likeness (QED) is 0.786. The van der Waals surface area contributed by atoms with Gasteiger partial charge in [0.2, 0.25) is 0 Å². The van der Waals surface area contributed by atoms with E-state index in [1.807, 2.05) is 0 Å². The van der Waals surface area contributed by atoms with Crippen molar-refractivity contribution >= 4 is 11.8 Å². The summed E-state index contributed by atoms with van der Waals surface area (Å²) in [5.74, 6) is 4.98. The van der Waals surface area contributed by atoms with E-state index in [1.165, 1.54) is 68.1 Å². The zero-order chi connectivity index (χ0) is 10.8. The van der Waals surface area contributed by atoms with Crippen molar-refractivity contribution in [3.63, 3.8) is 0 Å². The molecule has 3 rings (SSSR count). The molecule has 1 fully saturated rings. The number of nitrogens with zero attached hydrogens (tertiary/aromatic N) is 2. The number of hydrogen-bond donors (Lipinski definition) is 0. The molecule has 3 heterocycles. The maximum absolute atomic E-state index is 4.65. The highest BCUT2D eigenvalue weighted by Gasteiger charge is 2.19. The summed E-state index contributed by atoms with van der Waals surface area (Å²) >= 11 is 2.11. The first-order valence-electron chi connectivity index (χ1n) is 6.54. The fraction of sp³-hybridized carbons (Fsp3) is 0.769. The Hall–Kier alpha value is -0.440. The van der Waals surface area contributed by atoms with Crippen molar-refractivity contribution < 1.29 is 0 Å². The third kappa shape index (κ3) is 2.15. The van der Waals surface area contributed by atoms with Crippen LogP contribution in [-0.2, 0) is 19.4 Å². The maximum atomic E-state index is 4.65. The summed E-state index contributed by atoms with van der Waals surface area (Å²) in [7, 11) is 0. The van der Waals surface area contributed by atoms with Crippen LogP contribution < -0.4 is 0 Å². The van der Waals surface area contributed by atoms with Gasteiger partial charge < -0.3 is 4.57 Å². The smallest absolute Gasteiger partial charge is 0.109 e. The van der Waals surface area contributed by atoms with Crippen LogP contribution in [0.1, 0.15) is 37.2 Å². The van der Waals surface area contributed by atoms with Crippen LogP contribution in [0.25, 0.3) is 0 Å². The molecule has 3 heteroatoms. The maximum Gasteiger partial charge on any atom is 0.109 e. The molecule has 0 saturated carbocycles. The van der Waals surface area contributed by atoms with Gasteiger partial charge in [0.1, 0.15) is 5.82 Å². The van der Waals surface area contributed by atoms with Crippen molar-refractivity contribution in [3.05, 3.63) is 17.7 Å². The molecule has 16 heavy (non-hydrogen) atoms. The Labute approximate surface area is 102 Å². The molecule has 1 saturated heterocycles. The fourth-order valence-corrected chi connectivity index (χ4v) is 4.08. The highest BCUT2D eigenvalue weighted by molar-refractivity contribution is 7.99. The van der Waals surface area contributed by atoms with Gasteiger partial charge in [-0.1, -0.05) is 0 Å². The van der Waals surface area contributed by atoms with Gasteiger partial charge in [-0.3, -0.25) is 0 Å². The minimum atomic E-state index is 0.898. The number of aryl methyl sites for hydroxylation is 1. The Balaban J connectivity index is 1.71. The second kappa shape index (κ2) is 4.82. The van der Waals surface area contributed by atoms with E-state index in [-0.39, 0.29) is 0 Å². The van der Waals surface area contributed by atoms with Crippen LogP contribution in [0.4, 0.5) is 0 Å². The van der Waals surface area contributed by atoms with Gasteiger partial charge in [-0.15, -0.1) is 0 Å². The van der Waals surface area contributed by atoms with Crippen LogP contribution in [0.5, 0.6) is 0 Å². The Morgan fingerprint density at radius 3 is 3.06 bits per heavy atom. The van der Waals surface area contributed by atoms with Crippen molar-refractivity contribution in [2.45, 2.75) is 45.1 Å². The molecule has 0 spiro atoms. The van der Waals surface area contributed by atoms with Crippen LogP contribution >= 0.6 is 11.8 Å². The van der Waals surface area contributed by atoms with E-state index in [0.29, 0.717) is 0 Å². The lowest BCUT2D eigenvalue weighted by atomic mass is 9.98. The average Bonchev–Trinajstić information content (AvgIpc) is 2.74. The predicted octanol–water partition coefficient (Wildman–Crippen LogP) is 2.91. The molecule has 0 unspecified atom stereocenters. The standard InChI is InChI=1S/C13H20N2S/c1-2-6-15-12(3-1)10-14-13(15)9-11-4-7-16-8-5-11/h10-11H,1-9H2. The Kier molecular flexibility index (Phi) is 3.22. The van der Waals surface area contributed by atoms with Gasteiger partial charge in [-0.25, -0.2) is 4.98 Å². The minimum absolute atomic E-state index is 0.898. The van der Waals surface area contributed by atoms with Gasteiger partial charge in [-0.05, 0) is 49.5 Å². The largest absolute Gasteiger partial charge is 0.332 e. The van der Waals surface area contributed by atoms with Gasteiger partial charge in [0.15, 0.2) is 0 Å². The Morgan fingerprint density at radius 1 is 1.31 bits per heavy atom. The normalized spacial score (nSPS) is 22.0. The van der Waals surface area contributed by atoms with Crippen LogP contribution in [-0.4, -0.2) is 21.1 Å². The molecular formula is C13H20N2S. The highest BCUT2D eigenvalue weighted by Crippen LogP contribution is 2.26. The van der Waals surface area contributed by atoms with E-state index in [2.05, 4.69) is 27.5 Å². The molecule has 0 atom stereocenters. The van der Waals surface area contributed by atoms with Gasteiger partial charge in [-0.2, -0.15) is 11.8 Å². The van der Waals surface area contributed by atoms with Crippen molar-refractivity contribution in [2.75, 3.05) is 11.5 Å². The number of fused-ring (bicyclic) bond motifs is 1. The van der Waals surface area contributed by atoms with Gasteiger partial charge in [0.25, 0.3) is 0 Å². The number of hydrogen-bond acceptors (Lipinski definition) is 2. The Bertz CT molecular complexity index is 353. The van der Waals surface area contributed by atoms with Crippen molar-refractivity contribution in [3.8, 4) is 0 Å². The second-order valence-corrected chi connectivity index (χ2v) is 6.26. The van der Waals surface area contributed by atoms with Gasteiger partial charge >= 0.3 is 0 Å². The summed E-state index contributed by atoms with van der Waals surface area (Å²) in [5, 5.41) is 0. The minimum Gasteiger partial charge on any atom is -0.332 e. The zero-order valence-electron chi connectivity index (χ0n) is 9.82. The van der Waals surface area contributed by atoms with Gasteiger partial charge in [0.05, 0.1) is 0 Å². The summed E-state index contributed by atoms with van der Waals surface area (Å²) < 4.78 is 2.49. The van der Waals surface area contributed by atoms with Crippen LogP contribution in [0, 0.1) is 5.92 Å². The number of rotatable bonds is 2. The molecule has 0 N–H and O–H groups in total. The molecule has 1 aromatic heterocycles. The summed E-state index contributed by atoms with van der Waals surface area (Å²) in [6.07, 6.45) is 10.1. The van der Waals surface area contributed by atoms with E-state index in [0.717, 1.165) is 5.92 Å². The summed E-state index contributed by atoms with van der Waals surface area (Å²) in [4.78, 5) is 4.65. The zero-order valence-corrected chi connectivity index (χ0v) is 10.6. The number of imidazole rings is 1. The molecule has 0 bridgehead atoms. The third-order valence-corrected chi connectivity index (χ3v) is 4.95. The molecule has 2 nitrogen and oxygen atoms in total. The van der Waals surface area contributed by atoms with Crippen LogP contribution in [0.15, 0.2) is 6.20 Å².